The zero-order valence-corrected chi connectivity index (χ0v) is 14.9. The van der Waals surface area contributed by atoms with Crippen molar-refractivity contribution >= 4 is 12.0 Å². The van der Waals surface area contributed by atoms with Crippen LogP contribution in [0.15, 0.2) is 79.1 Å². The van der Waals surface area contributed by atoms with Gasteiger partial charge in [-0.2, -0.15) is 0 Å². The van der Waals surface area contributed by atoms with E-state index >= 15 is 0 Å². The van der Waals surface area contributed by atoms with Crippen molar-refractivity contribution in [1.82, 2.24) is 15.3 Å². The minimum atomic E-state index is -0.124. The number of nitrogens with zero attached hydrogens (tertiary/aromatic N) is 2. The Labute approximate surface area is 158 Å². The standard InChI is InChI=1S/C22H21N3O2/c26-22(25-16-13-19-5-1-3-14-23-19)12-9-18-7-10-21(11-8-18)27-17-20-6-2-4-15-24-20/h1-12,14-15H,13,16-17H2,(H,25,26)/b12-9+. The summed E-state index contributed by atoms with van der Waals surface area (Å²) in [6, 6.07) is 19.1. The Bertz CT molecular complexity index is 863. The van der Waals surface area contributed by atoms with Gasteiger partial charge in [-0.15, -0.1) is 0 Å². The Kier molecular flexibility index (Phi) is 6.70. The predicted octanol–water partition coefficient (Wildman–Crippen LogP) is 3.43. The normalized spacial score (nSPS) is 10.7. The summed E-state index contributed by atoms with van der Waals surface area (Å²) in [7, 11) is 0. The fourth-order valence-corrected chi connectivity index (χ4v) is 2.41. The van der Waals surface area contributed by atoms with Crippen LogP contribution in [0.2, 0.25) is 0 Å². The third kappa shape index (κ3) is 6.40. The number of hydrogen-bond donors (Lipinski definition) is 1. The summed E-state index contributed by atoms with van der Waals surface area (Å²) in [4.78, 5) is 20.3. The van der Waals surface area contributed by atoms with E-state index in [4.69, 9.17) is 4.74 Å². The summed E-state index contributed by atoms with van der Waals surface area (Å²) in [5, 5.41) is 2.85. The van der Waals surface area contributed by atoms with Crippen molar-refractivity contribution in [2.45, 2.75) is 13.0 Å². The second-order valence-corrected chi connectivity index (χ2v) is 5.87. The quantitative estimate of drug-likeness (QED) is 0.626. The second kappa shape index (κ2) is 9.87. The molecule has 0 spiro atoms. The van der Waals surface area contributed by atoms with E-state index < -0.39 is 0 Å². The lowest BCUT2D eigenvalue weighted by Crippen LogP contribution is -2.23. The average Bonchev–Trinajstić information content (AvgIpc) is 2.73. The van der Waals surface area contributed by atoms with Crippen LogP contribution in [-0.4, -0.2) is 22.4 Å². The molecule has 0 saturated carbocycles. The van der Waals surface area contributed by atoms with Crippen LogP contribution in [0.5, 0.6) is 5.75 Å². The molecule has 0 unspecified atom stereocenters. The molecular weight excluding hydrogens is 338 g/mol. The maximum atomic E-state index is 11.9. The van der Waals surface area contributed by atoms with Gasteiger partial charge in [0.25, 0.3) is 0 Å². The van der Waals surface area contributed by atoms with E-state index in [0.717, 1.165) is 22.7 Å². The summed E-state index contributed by atoms with van der Waals surface area (Å²) in [5.41, 5.74) is 2.77. The summed E-state index contributed by atoms with van der Waals surface area (Å²) >= 11 is 0. The molecule has 0 fully saturated rings. The van der Waals surface area contributed by atoms with Crippen LogP contribution < -0.4 is 10.1 Å². The number of ether oxygens (including phenoxy) is 1. The number of carbonyl (C=O) groups excluding carboxylic acids is 1. The van der Waals surface area contributed by atoms with Gasteiger partial charge in [0.05, 0.1) is 5.69 Å². The molecule has 1 N–H and O–H groups in total. The van der Waals surface area contributed by atoms with E-state index in [2.05, 4.69) is 15.3 Å². The Morgan fingerprint density at radius 1 is 0.926 bits per heavy atom. The van der Waals surface area contributed by atoms with Gasteiger partial charge in [0.15, 0.2) is 0 Å². The van der Waals surface area contributed by atoms with E-state index in [1.807, 2.05) is 60.7 Å². The fourth-order valence-electron chi connectivity index (χ4n) is 2.41. The highest BCUT2D eigenvalue weighted by molar-refractivity contribution is 5.91. The molecule has 0 saturated heterocycles. The highest BCUT2D eigenvalue weighted by atomic mass is 16.5. The zero-order valence-electron chi connectivity index (χ0n) is 14.9. The first-order chi connectivity index (χ1) is 13.3. The Hall–Kier alpha value is -3.47. The monoisotopic (exact) mass is 359 g/mol. The van der Waals surface area contributed by atoms with Gasteiger partial charge in [-0.05, 0) is 48.0 Å². The van der Waals surface area contributed by atoms with Gasteiger partial charge in [-0.1, -0.05) is 24.3 Å². The molecule has 3 aromatic rings. The molecule has 2 heterocycles. The third-order valence-electron chi connectivity index (χ3n) is 3.83. The van der Waals surface area contributed by atoms with Crippen molar-refractivity contribution in [3.05, 3.63) is 96.1 Å². The van der Waals surface area contributed by atoms with Crippen LogP contribution in [0.1, 0.15) is 17.0 Å². The van der Waals surface area contributed by atoms with Crippen molar-refractivity contribution in [2.75, 3.05) is 6.54 Å². The number of aromatic nitrogens is 2. The van der Waals surface area contributed by atoms with Crippen molar-refractivity contribution < 1.29 is 9.53 Å². The molecule has 136 valence electrons. The number of hydrogen-bond acceptors (Lipinski definition) is 4. The van der Waals surface area contributed by atoms with Crippen LogP contribution in [0.4, 0.5) is 0 Å². The lowest BCUT2D eigenvalue weighted by molar-refractivity contribution is -0.116. The molecule has 0 atom stereocenters. The van der Waals surface area contributed by atoms with Crippen LogP contribution >= 0.6 is 0 Å². The van der Waals surface area contributed by atoms with Crippen LogP contribution in [0.3, 0.4) is 0 Å². The largest absolute Gasteiger partial charge is 0.487 e. The summed E-state index contributed by atoms with van der Waals surface area (Å²) in [5.74, 6) is 0.638. The van der Waals surface area contributed by atoms with Gasteiger partial charge in [-0.3, -0.25) is 14.8 Å². The van der Waals surface area contributed by atoms with Gasteiger partial charge in [0.1, 0.15) is 12.4 Å². The van der Waals surface area contributed by atoms with Crippen molar-refractivity contribution in [1.29, 1.82) is 0 Å². The number of benzene rings is 1. The van der Waals surface area contributed by atoms with Crippen LogP contribution in [0.25, 0.3) is 6.08 Å². The van der Waals surface area contributed by atoms with Crippen LogP contribution in [-0.2, 0) is 17.8 Å². The second-order valence-electron chi connectivity index (χ2n) is 5.87. The molecule has 1 aromatic carbocycles. The zero-order chi connectivity index (χ0) is 18.7. The fraction of sp³-hybridized carbons (Fsp3) is 0.136. The molecule has 5 heteroatoms. The maximum absolute atomic E-state index is 11.9. The van der Waals surface area contributed by atoms with Gasteiger partial charge in [-0.25, -0.2) is 0 Å². The minimum Gasteiger partial charge on any atom is -0.487 e. The van der Waals surface area contributed by atoms with Gasteiger partial charge < -0.3 is 10.1 Å². The summed E-state index contributed by atoms with van der Waals surface area (Å²) in [6.07, 6.45) is 7.51. The SMILES string of the molecule is O=C(/C=C/c1ccc(OCc2ccccn2)cc1)NCCc1ccccn1. The smallest absolute Gasteiger partial charge is 0.244 e. The molecule has 0 aliphatic rings. The van der Waals surface area contributed by atoms with E-state index in [9.17, 15) is 4.79 Å². The summed E-state index contributed by atoms with van der Waals surface area (Å²) in [6.45, 7) is 0.981. The third-order valence-corrected chi connectivity index (χ3v) is 3.83. The number of rotatable bonds is 8. The van der Waals surface area contributed by atoms with Gasteiger partial charge >= 0.3 is 0 Å². The molecule has 3 rings (SSSR count). The number of amides is 1. The lowest BCUT2D eigenvalue weighted by Gasteiger charge is -2.05. The number of pyridine rings is 2. The Balaban J connectivity index is 1.42. The summed E-state index contributed by atoms with van der Waals surface area (Å²) < 4.78 is 5.70. The van der Waals surface area contributed by atoms with Crippen LogP contribution in [0, 0.1) is 0 Å². The molecule has 0 aliphatic carbocycles. The molecule has 1 amide bonds. The van der Waals surface area contributed by atoms with E-state index in [1.165, 1.54) is 6.08 Å². The first-order valence-corrected chi connectivity index (χ1v) is 8.78. The van der Waals surface area contributed by atoms with Crippen molar-refractivity contribution in [2.24, 2.45) is 0 Å². The average molecular weight is 359 g/mol. The Morgan fingerprint density at radius 2 is 1.63 bits per heavy atom. The number of nitrogens with one attached hydrogen (secondary N) is 1. The maximum Gasteiger partial charge on any atom is 0.244 e. The molecule has 0 radical (unpaired) electrons. The first kappa shape index (κ1) is 18.3. The van der Waals surface area contributed by atoms with Gasteiger partial charge in [0.2, 0.25) is 5.91 Å². The predicted molar refractivity (Wildman–Crippen MR) is 105 cm³/mol. The first-order valence-electron chi connectivity index (χ1n) is 8.78. The van der Waals surface area contributed by atoms with E-state index in [1.54, 1.807) is 18.5 Å². The topological polar surface area (TPSA) is 64.1 Å². The highest BCUT2D eigenvalue weighted by Crippen LogP contribution is 2.14. The van der Waals surface area contributed by atoms with Crippen molar-refractivity contribution in [3.63, 3.8) is 0 Å². The van der Waals surface area contributed by atoms with E-state index in [0.29, 0.717) is 19.6 Å². The molecule has 0 aliphatic heterocycles. The number of carbonyl (C=O) groups is 1. The van der Waals surface area contributed by atoms with Gasteiger partial charge in [0, 0.05) is 37.1 Å². The highest BCUT2D eigenvalue weighted by Gasteiger charge is 1.99. The van der Waals surface area contributed by atoms with E-state index in [-0.39, 0.29) is 5.91 Å². The van der Waals surface area contributed by atoms with Crippen molar-refractivity contribution in [3.8, 4) is 5.75 Å². The Morgan fingerprint density at radius 3 is 2.30 bits per heavy atom. The minimum absolute atomic E-state index is 0.124. The molecule has 0 bridgehead atoms. The lowest BCUT2D eigenvalue weighted by atomic mass is 10.2. The molecule has 2 aromatic heterocycles. The molecular formula is C22H21N3O2. The molecule has 5 nitrogen and oxygen atoms in total. The molecule has 27 heavy (non-hydrogen) atoms.